The van der Waals surface area contributed by atoms with E-state index < -0.39 is 0 Å². The SMILES string of the molecule is C[C@]12C=CC(=O)C=C1[C@H](OCCCCCc1ccccc1)C[C@@H]1[C@@H]2CC[C@]2(C)C(=O)CC[C@@H]12. The average molecular weight is 447 g/mol. The van der Waals surface area contributed by atoms with Crippen LogP contribution in [0.2, 0.25) is 0 Å². The summed E-state index contributed by atoms with van der Waals surface area (Å²) < 4.78 is 6.54. The molecule has 4 aliphatic rings. The minimum Gasteiger partial charge on any atom is -0.374 e. The highest BCUT2D eigenvalue weighted by molar-refractivity contribution is 6.01. The van der Waals surface area contributed by atoms with Crippen LogP contribution in [0.25, 0.3) is 0 Å². The Morgan fingerprint density at radius 1 is 1.00 bits per heavy atom. The van der Waals surface area contributed by atoms with Crippen LogP contribution in [0.1, 0.15) is 70.8 Å². The second-order valence-electron chi connectivity index (χ2n) is 11.3. The number of fused-ring (bicyclic) bond motifs is 5. The number of hydrogen-bond donors (Lipinski definition) is 0. The molecule has 176 valence electrons. The summed E-state index contributed by atoms with van der Waals surface area (Å²) in [6, 6.07) is 10.7. The number of carbonyl (C=O) groups is 2. The zero-order valence-corrected chi connectivity index (χ0v) is 20.2. The smallest absolute Gasteiger partial charge is 0.178 e. The molecule has 5 rings (SSSR count). The van der Waals surface area contributed by atoms with E-state index in [9.17, 15) is 9.59 Å². The van der Waals surface area contributed by atoms with Crippen molar-refractivity contribution in [1.82, 2.24) is 0 Å². The predicted molar refractivity (Wildman–Crippen MR) is 131 cm³/mol. The number of rotatable bonds is 7. The minimum absolute atomic E-state index is 0.00248. The summed E-state index contributed by atoms with van der Waals surface area (Å²) in [4.78, 5) is 25.1. The number of aryl methyl sites for hydroxylation is 1. The molecular formula is C30H38O3. The van der Waals surface area contributed by atoms with E-state index in [1.807, 2.05) is 6.08 Å². The van der Waals surface area contributed by atoms with Crippen molar-refractivity contribution in [3.63, 3.8) is 0 Å². The number of Topliss-reactive ketones (excluding diaryl/α,β-unsaturated/α-hetero) is 1. The van der Waals surface area contributed by atoms with Crippen molar-refractivity contribution in [3.05, 3.63) is 59.7 Å². The number of ketones is 2. The van der Waals surface area contributed by atoms with E-state index in [1.54, 1.807) is 6.08 Å². The monoisotopic (exact) mass is 446 g/mol. The molecule has 0 unspecified atom stereocenters. The van der Waals surface area contributed by atoms with Crippen LogP contribution in [0.15, 0.2) is 54.1 Å². The molecule has 0 aromatic heterocycles. The third kappa shape index (κ3) is 4.07. The highest BCUT2D eigenvalue weighted by atomic mass is 16.5. The van der Waals surface area contributed by atoms with E-state index in [4.69, 9.17) is 4.74 Å². The predicted octanol–water partition coefficient (Wildman–Crippen LogP) is 6.27. The van der Waals surface area contributed by atoms with Gasteiger partial charge in [0.15, 0.2) is 5.78 Å². The highest BCUT2D eigenvalue weighted by Crippen LogP contribution is 2.63. The van der Waals surface area contributed by atoms with Crippen molar-refractivity contribution in [1.29, 1.82) is 0 Å². The normalized spacial score (nSPS) is 37.3. The molecule has 0 amide bonds. The van der Waals surface area contributed by atoms with Gasteiger partial charge in [0.2, 0.25) is 0 Å². The molecule has 3 saturated carbocycles. The van der Waals surface area contributed by atoms with Crippen LogP contribution in [0, 0.1) is 28.6 Å². The summed E-state index contributed by atoms with van der Waals surface area (Å²) in [7, 11) is 0. The molecule has 0 saturated heterocycles. The summed E-state index contributed by atoms with van der Waals surface area (Å²) in [5.74, 6) is 2.03. The number of allylic oxidation sites excluding steroid dienone is 3. The zero-order chi connectivity index (χ0) is 23.1. The van der Waals surface area contributed by atoms with Crippen molar-refractivity contribution in [3.8, 4) is 0 Å². The maximum atomic E-state index is 12.8. The summed E-state index contributed by atoms with van der Waals surface area (Å²) in [5.41, 5.74) is 2.32. The molecule has 4 aliphatic carbocycles. The first-order valence-electron chi connectivity index (χ1n) is 13.1. The van der Waals surface area contributed by atoms with Crippen molar-refractivity contribution >= 4 is 11.6 Å². The van der Waals surface area contributed by atoms with E-state index in [0.717, 1.165) is 58.0 Å². The Balaban J connectivity index is 1.25. The van der Waals surface area contributed by atoms with Gasteiger partial charge in [0, 0.05) is 23.9 Å². The van der Waals surface area contributed by atoms with E-state index in [0.29, 0.717) is 23.5 Å². The third-order valence-corrected chi connectivity index (χ3v) is 9.53. The highest BCUT2D eigenvalue weighted by Gasteiger charge is 2.60. The average Bonchev–Trinajstić information content (AvgIpc) is 3.12. The standard InChI is InChI=1S/C30H38O3/c1-29-16-14-22(31)19-26(29)27(33-18-8-4-7-11-21-9-5-3-6-10-21)20-23-24-12-13-28(32)30(24,2)17-15-25(23)29/h3,5-6,9-10,14,16,19,23-25,27H,4,7-8,11-13,15,17-18,20H2,1-2H3/t23-,24-,25-,27+,29+,30-/m0/s1. The van der Waals surface area contributed by atoms with Crippen LogP contribution in [0.4, 0.5) is 0 Å². The lowest BCUT2D eigenvalue weighted by molar-refractivity contribution is -0.133. The first-order valence-corrected chi connectivity index (χ1v) is 13.1. The maximum absolute atomic E-state index is 12.8. The molecule has 1 aromatic rings. The summed E-state index contributed by atoms with van der Waals surface area (Å²) in [6.07, 6.45) is 15.1. The van der Waals surface area contributed by atoms with Gasteiger partial charge in [-0.05, 0) is 86.0 Å². The lowest BCUT2D eigenvalue weighted by Gasteiger charge is -2.57. The van der Waals surface area contributed by atoms with Gasteiger partial charge in [0.1, 0.15) is 5.78 Å². The lowest BCUT2D eigenvalue weighted by atomic mass is 9.48. The first kappa shape index (κ1) is 22.8. The second-order valence-corrected chi connectivity index (χ2v) is 11.3. The van der Waals surface area contributed by atoms with Gasteiger partial charge in [-0.15, -0.1) is 0 Å². The van der Waals surface area contributed by atoms with E-state index >= 15 is 0 Å². The summed E-state index contributed by atoms with van der Waals surface area (Å²) in [5, 5.41) is 0. The van der Waals surface area contributed by atoms with Gasteiger partial charge in [0.05, 0.1) is 6.10 Å². The fraction of sp³-hybridized carbons (Fsp3) is 0.600. The van der Waals surface area contributed by atoms with Crippen LogP contribution in [-0.4, -0.2) is 24.3 Å². The number of hydrogen-bond acceptors (Lipinski definition) is 3. The topological polar surface area (TPSA) is 43.4 Å². The number of carbonyl (C=O) groups excluding carboxylic acids is 2. The molecule has 33 heavy (non-hydrogen) atoms. The fourth-order valence-corrected chi connectivity index (χ4v) is 7.63. The number of unbranched alkanes of at least 4 members (excludes halogenated alkanes) is 2. The van der Waals surface area contributed by atoms with Gasteiger partial charge in [0.25, 0.3) is 0 Å². The number of benzene rings is 1. The molecule has 1 aromatic carbocycles. The summed E-state index contributed by atoms with van der Waals surface area (Å²) in [6.45, 7) is 5.27. The van der Waals surface area contributed by atoms with Crippen LogP contribution >= 0.6 is 0 Å². The molecule has 0 bridgehead atoms. The van der Waals surface area contributed by atoms with E-state index in [-0.39, 0.29) is 22.7 Å². The van der Waals surface area contributed by atoms with Gasteiger partial charge < -0.3 is 4.74 Å². The summed E-state index contributed by atoms with van der Waals surface area (Å²) >= 11 is 0. The third-order valence-electron chi connectivity index (χ3n) is 9.53. The van der Waals surface area contributed by atoms with Crippen molar-refractivity contribution in [2.45, 2.75) is 77.7 Å². The molecule has 3 fully saturated rings. The molecule has 0 spiro atoms. The molecule has 6 atom stereocenters. The van der Waals surface area contributed by atoms with Crippen molar-refractivity contribution in [2.24, 2.45) is 28.6 Å². The van der Waals surface area contributed by atoms with Gasteiger partial charge in [-0.1, -0.05) is 56.7 Å². The van der Waals surface area contributed by atoms with Gasteiger partial charge in [-0.3, -0.25) is 9.59 Å². The van der Waals surface area contributed by atoms with Crippen LogP contribution in [-0.2, 0) is 20.7 Å². The molecule has 0 aliphatic heterocycles. The van der Waals surface area contributed by atoms with Crippen LogP contribution in [0.5, 0.6) is 0 Å². The Morgan fingerprint density at radius 3 is 2.64 bits per heavy atom. The van der Waals surface area contributed by atoms with Crippen LogP contribution in [0.3, 0.4) is 0 Å². The molecule has 0 heterocycles. The Bertz CT molecular complexity index is 960. The Labute approximate surface area is 198 Å². The molecule has 3 heteroatoms. The number of ether oxygens (including phenoxy) is 1. The molecular weight excluding hydrogens is 408 g/mol. The first-order chi connectivity index (χ1) is 15.9. The molecule has 3 nitrogen and oxygen atoms in total. The second kappa shape index (κ2) is 8.98. The zero-order valence-electron chi connectivity index (χ0n) is 20.2. The van der Waals surface area contributed by atoms with E-state index in [1.165, 1.54) is 17.6 Å². The fourth-order valence-electron chi connectivity index (χ4n) is 7.63. The minimum atomic E-state index is -0.144. The molecule has 0 N–H and O–H groups in total. The lowest BCUT2D eigenvalue weighted by Crippen LogP contribution is -2.53. The van der Waals surface area contributed by atoms with Gasteiger partial charge in [-0.25, -0.2) is 0 Å². The largest absolute Gasteiger partial charge is 0.374 e. The van der Waals surface area contributed by atoms with Crippen molar-refractivity contribution in [2.75, 3.05) is 6.61 Å². The quantitative estimate of drug-likeness (QED) is 0.464. The van der Waals surface area contributed by atoms with Crippen LogP contribution < -0.4 is 0 Å². The van der Waals surface area contributed by atoms with Crippen molar-refractivity contribution < 1.29 is 14.3 Å². The van der Waals surface area contributed by atoms with Gasteiger partial charge >= 0.3 is 0 Å². The Kier molecular flexibility index (Phi) is 6.20. The molecule has 0 radical (unpaired) electrons. The van der Waals surface area contributed by atoms with E-state index in [2.05, 4.69) is 50.3 Å². The maximum Gasteiger partial charge on any atom is 0.178 e. The van der Waals surface area contributed by atoms with Gasteiger partial charge in [-0.2, -0.15) is 0 Å². The Hall–Kier alpha value is -2.00. The Morgan fingerprint density at radius 2 is 1.82 bits per heavy atom.